The van der Waals surface area contributed by atoms with E-state index in [0.29, 0.717) is 17.7 Å². The minimum Gasteiger partial charge on any atom is -0.399 e. The Morgan fingerprint density at radius 2 is 1.60 bits per heavy atom. The van der Waals surface area contributed by atoms with Crippen molar-refractivity contribution < 1.29 is 18.0 Å². The molecule has 0 aliphatic rings. The van der Waals surface area contributed by atoms with Gasteiger partial charge < -0.3 is 16.4 Å². The van der Waals surface area contributed by atoms with Gasteiger partial charge in [0, 0.05) is 25.3 Å². The van der Waals surface area contributed by atoms with Crippen LogP contribution in [0.1, 0.15) is 16.7 Å². The van der Waals surface area contributed by atoms with E-state index >= 15 is 0 Å². The highest BCUT2D eigenvalue weighted by Crippen LogP contribution is 2.21. The molecule has 0 heterocycles. The van der Waals surface area contributed by atoms with Crippen molar-refractivity contribution >= 4 is 11.6 Å². The van der Waals surface area contributed by atoms with E-state index < -0.39 is 12.1 Å². The first-order valence-corrected chi connectivity index (χ1v) is 7.78. The zero-order valence-electron chi connectivity index (χ0n) is 13.6. The number of alkyl halides is 3. The van der Waals surface area contributed by atoms with Gasteiger partial charge >= 0.3 is 12.1 Å². The zero-order valence-corrected chi connectivity index (χ0v) is 13.6. The standard InChI is InChI=1S/C18H20F3N3O/c19-18(20,21)17(25)24(10-9-13-5-7-16(23)8-6-13)12-15-4-2-1-3-14(15)11-22/h1-8H,9-12,22-23H2. The summed E-state index contributed by atoms with van der Waals surface area (Å²) in [7, 11) is 0. The molecule has 0 fully saturated rings. The van der Waals surface area contributed by atoms with Gasteiger partial charge in [-0.25, -0.2) is 0 Å². The molecule has 25 heavy (non-hydrogen) atoms. The Morgan fingerprint density at radius 3 is 2.16 bits per heavy atom. The summed E-state index contributed by atoms with van der Waals surface area (Å²) in [5.74, 6) is -1.85. The van der Waals surface area contributed by atoms with Gasteiger partial charge in [0.2, 0.25) is 0 Å². The van der Waals surface area contributed by atoms with Gasteiger partial charge in [-0.3, -0.25) is 4.79 Å². The van der Waals surface area contributed by atoms with Crippen molar-refractivity contribution in [2.45, 2.75) is 25.7 Å². The van der Waals surface area contributed by atoms with Crippen LogP contribution in [0.2, 0.25) is 0 Å². The quantitative estimate of drug-likeness (QED) is 0.786. The first kappa shape index (κ1) is 18.8. The fraction of sp³-hybridized carbons (Fsp3) is 0.278. The monoisotopic (exact) mass is 351 g/mol. The number of amides is 1. The molecule has 0 unspecified atom stereocenters. The third-order valence-electron chi connectivity index (χ3n) is 3.88. The van der Waals surface area contributed by atoms with Crippen molar-refractivity contribution in [2.24, 2.45) is 5.73 Å². The molecule has 0 spiro atoms. The first-order chi connectivity index (χ1) is 11.8. The number of hydrogen-bond acceptors (Lipinski definition) is 3. The van der Waals surface area contributed by atoms with E-state index in [1.165, 1.54) is 0 Å². The fourth-order valence-corrected chi connectivity index (χ4v) is 2.50. The Hall–Kier alpha value is -2.54. The molecule has 0 saturated heterocycles. The van der Waals surface area contributed by atoms with Crippen LogP contribution in [0.15, 0.2) is 48.5 Å². The number of carbonyl (C=O) groups is 1. The molecule has 0 atom stereocenters. The second-order valence-corrected chi connectivity index (χ2v) is 5.69. The Labute approximate surface area is 144 Å². The van der Waals surface area contributed by atoms with E-state index in [1.54, 1.807) is 48.5 Å². The van der Waals surface area contributed by atoms with Gasteiger partial charge in [-0.05, 0) is 35.2 Å². The van der Waals surface area contributed by atoms with Crippen molar-refractivity contribution in [3.63, 3.8) is 0 Å². The molecule has 134 valence electrons. The van der Waals surface area contributed by atoms with Crippen LogP contribution in [0.4, 0.5) is 18.9 Å². The van der Waals surface area contributed by atoms with Gasteiger partial charge in [0.25, 0.3) is 0 Å². The number of nitrogen functional groups attached to an aromatic ring is 1. The summed E-state index contributed by atoms with van der Waals surface area (Å²) in [6, 6.07) is 13.7. The van der Waals surface area contributed by atoms with E-state index in [2.05, 4.69) is 0 Å². The normalized spacial score (nSPS) is 11.4. The summed E-state index contributed by atoms with van der Waals surface area (Å²) in [6.45, 7) is 0.00401. The average molecular weight is 351 g/mol. The van der Waals surface area contributed by atoms with E-state index in [9.17, 15) is 18.0 Å². The van der Waals surface area contributed by atoms with Gasteiger partial charge in [-0.15, -0.1) is 0 Å². The third-order valence-corrected chi connectivity index (χ3v) is 3.88. The third kappa shape index (κ3) is 5.22. The van der Waals surface area contributed by atoms with Gasteiger partial charge in [0.05, 0.1) is 0 Å². The van der Waals surface area contributed by atoms with Gasteiger partial charge in [0.1, 0.15) is 0 Å². The molecule has 4 N–H and O–H groups in total. The molecule has 0 bridgehead atoms. The maximum atomic E-state index is 12.9. The lowest BCUT2D eigenvalue weighted by Crippen LogP contribution is -2.42. The maximum absolute atomic E-state index is 12.9. The average Bonchev–Trinajstić information content (AvgIpc) is 2.59. The Morgan fingerprint density at radius 1 is 1.00 bits per heavy atom. The van der Waals surface area contributed by atoms with Crippen LogP contribution in [0.5, 0.6) is 0 Å². The molecular weight excluding hydrogens is 331 g/mol. The van der Waals surface area contributed by atoms with Crippen LogP contribution in [0.3, 0.4) is 0 Å². The molecule has 7 heteroatoms. The number of halogens is 3. The number of nitrogens with zero attached hydrogens (tertiary/aromatic N) is 1. The molecule has 2 rings (SSSR count). The van der Waals surface area contributed by atoms with Crippen LogP contribution in [-0.4, -0.2) is 23.5 Å². The van der Waals surface area contributed by atoms with Gasteiger partial charge in [-0.1, -0.05) is 36.4 Å². The van der Waals surface area contributed by atoms with Crippen LogP contribution in [-0.2, 0) is 24.3 Å². The Kier molecular flexibility index (Phi) is 6.03. The number of anilines is 1. The molecule has 2 aromatic rings. The Balaban J connectivity index is 2.18. The molecule has 0 saturated carbocycles. The largest absolute Gasteiger partial charge is 0.471 e. The number of carbonyl (C=O) groups excluding carboxylic acids is 1. The molecule has 2 aromatic carbocycles. The highest BCUT2D eigenvalue weighted by atomic mass is 19.4. The number of benzene rings is 2. The maximum Gasteiger partial charge on any atom is 0.471 e. The summed E-state index contributed by atoms with van der Waals surface area (Å²) < 4.78 is 38.8. The fourth-order valence-electron chi connectivity index (χ4n) is 2.50. The second kappa shape index (κ2) is 8.02. The van der Waals surface area contributed by atoms with E-state index in [4.69, 9.17) is 11.5 Å². The molecule has 1 amide bonds. The van der Waals surface area contributed by atoms with Crippen molar-refractivity contribution in [3.8, 4) is 0 Å². The summed E-state index contributed by atoms with van der Waals surface area (Å²) in [5, 5.41) is 0. The molecule has 0 aliphatic carbocycles. The van der Waals surface area contributed by atoms with Crippen molar-refractivity contribution in [2.75, 3.05) is 12.3 Å². The smallest absolute Gasteiger partial charge is 0.399 e. The SMILES string of the molecule is NCc1ccccc1CN(CCc1ccc(N)cc1)C(=O)C(F)(F)F. The molecule has 4 nitrogen and oxygen atoms in total. The second-order valence-electron chi connectivity index (χ2n) is 5.69. The first-order valence-electron chi connectivity index (χ1n) is 7.78. The lowest BCUT2D eigenvalue weighted by atomic mass is 10.1. The van der Waals surface area contributed by atoms with Crippen LogP contribution in [0, 0.1) is 0 Å². The minimum absolute atomic E-state index is 0.0544. The number of nitrogens with two attached hydrogens (primary N) is 2. The van der Waals surface area contributed by atoms with Gasteiger partial charge in [0.15, 0.2) is 0 Å². The van der Waals surface area contributed by atoms with Crippen LogP contribution >= 0.6 is 0 Å². The summed E-state index contributed by atoms with van der Waals surface area (Å²) in [5.41, 5.74) is 13.9. The predicted octanol–water partition coefficient (Wildman–Crippen LogP) is 2.86. The zero-order chi connectivity index (χ0) is 18.4. The minimum atomic E-state index is -4.92. The lowest BCUT2D eigenvalue weighted by molar-refractivity contribution is -0.186. The summed E-state index contributed by atoms with van der Waals surface area (Å²) in [4.78, 5) is 12.6. The number of rotatable bonds is 6. The van der Waals surface area contributed by atoms with Crippen molar-refractivity contribution in [1.82, 2.24) is 4.90 Å². The van der Waals surface area contributed by atoms with Crippen molar-refractivity contribution in [1.29, 1.82) is 0 Å². The van der Waals surface area contributed by atoms with Crippen LogP contribution in [0.25, 0.3) is 0 Å². The van der Waals surface area contributed by atoms with Gasteiger partial charge in [-0.2, -0.15) is 13.2 Å². The lowest BCUT2D eigenvalue weighted by Gasteiger charge is -2.25. The summed E-state index contributed by atoms with van der Waals surface area (Å²) in [6.07, 6.45) is -4.62. The van der Waals surface area contributed by atoms with E-state index in [1.807, 2.05) is 0 Å². The Bertz CT molecular complexity index is 714. The highest BCUT2D eigenvalue weighted by molar-refractivity contribution is 5.81. The number of hydrogen-bond donors (Lipinski definition) is 2. The van der Waals surface area contributed by atoms with Crippen molar-refractivity contribution in [3.05, 3.63) is 65.2 Å². The molecule has 0 radical (unpaired) electrons. The van der Waals surface area contributed by atoms with E-state index in [0.717, 1.165) is 16.0 Å². The van der Waals surface area contributed by atoms with E-state index in [-0.39, 0.29) is 19.6 Å². The van der Waals surface area contributed by atoms with Crippen LogP contribution < -0.4 is 11.5 Å². The molecule has 0 aliphatic heterocycles. The summed E-state index contributed by atoms with van der Waals surface area (Å²) >= 11 is 0. The highest BCUT2D eigenvalue weighted by Gasteiger charge is 2.42. The molecular formula is C18H20F3N3O. The molecule has 0 aromatic heterocycles. The topological polar surface area (TPSA) is 72.3 Å². The predicted molar refractivity (Wildman–Crippen MR) is 90.4 cm³/mol.